The molecule has 0 aromatic heterocycles. The smallest absolute Gasteiger partial charge is 0.237 e. The summed E-state index contributed by atoms with van der Waals surface area (Å²) in [6, 6.07) is 7.99. The van der Waals surface area contributed by atoms with E-state index in [2.05, 4.69) is 29.4 Å². The quantitative estimate of drug-likeness (QED) is 0.333. The Labute approximate surface area is 176 Å². The molecule has 5 heteroatoms. The number of carbonyl (C=O) groups excluding carboxylic acids is 1. The molecule has 28 heavy (non-hydrogen) atoms. The Morgan fingerprint density at radius 3 is 2.11 bits per heavy atom. The average molecular weight is 406 g/mol. The molecule has 0 fully saturated rings. The number of aliphatic imine (C=N–C) groups is 2. The fraction of sp³-hybridized carbons (Fsp3) is 0.435. The van der Waals surface area contributed by atoms with Crippen molar-refractivity contribution in [3.63, 3.8) is 0 Å². The predicted octanol–water partition coefficient (Wildman–Crippen LogP) is 6.21. The first-order chi connectivity index (χ1) is 13.7. The van der Waals surface area contributed by atoms with Gasteiger partial charge in [-0.15, -0.1) is 11.6 Å². The Hall–Kier alpha value is -2.20. The van der Waals surface area contributed by atoms with Crippen LogP contribution in [0.1, 0.15) is 59.1 Å². The zero-order valence-electron chi connectivity index (χ0n) is 18.3. The first kappa shape index (κ1) is 28.0. The standard InChI is InChI=1S/C17H18ClN3O.3C2H6/c1-3-20-17(19-2)15-6-4-13(5-7-15)14-8-10-21(11-9-14)16(22)12-18;3*1-2/h3-8H,1-2,9-12H2;3*1-2H3. The van der Waals surface area contributed by atoms with E-state index in [1.54, 1.807) is 4.90 Å². The van der Waals surface area contributed by atoms with Crippen molar-refractivity contribution in [2.75, 3.05) is 19.0 Å². The van der Waals surface area contributed by atoms with Crippen LogP contribution in [-0.4, -0.2) is 42.3 Å². The van der Waals surface area contributed by atoms with Gasteiger partial charge in [0.1, 0.15) is 5.88 Å². The summed E-state index contributed by atoms with van der Waals surface area (Å²) >= 11 is 5.58. The molecule has 0 N–H and O–H groups in total. The molecule has 1 amide bonds. The normalized spacial score (nSPS) is 12.6. The van der Waals surface area contributed by atoms with Crippen LogP contribution in [0.4, 0.5) is 0 Å². The average Bonchev–Trinajstić information content (AvgIpc) is 2.81. The van der Waals surface area contributed by atoms with Crippen molar-refractivity contribution in [2.45, 2.75) is 48.0 Å². The number of hydrogen-bond acceptors (Lipinski definition) is 2. The number of halogens is 1. The van der Waals surface area contributed by atoms with Gasteiger partial charge < -0.3 is 4.90 Å². The molecular weight excluding hydrogens is 370 g/mol. The van der Waals surface area contributed by atoms with Crippen molar-refractivity contribution in [3.8, 4) is 0 Å². The largest absolute Gasteiger partial charge is 0.338 e. The number of carbonyl (C=O) groups is 1. The second-order valence-corrected chi connectivity index (χ2v) is 5.09. The molecule has 1 heterocycles. The van der Waals surface area contributed by atoms with Gasteiger partial charge in [-0.2, -0.15) is 0 Å². The molecule has 0 aliphatic carbocycles. The highest BCUT2D eigenvalue weighted by molar-refractivity contribution is 6.27. The Kier molecular flexibility index (Phi) is 18.2. The summed E-state index contributed by atoms with van der Waals surface area (Å²) in [5.74, 6) is 0.574. The van der Waals surface area contributed by atoms with Crippen LogP contribution in [0.5, 0.6) is 0 Å². The lowest BCUT2D eigenvalue weighted by Crippen LogP contribution is -2.35. The first-order valence-electron chi connectivity index (χ1n) is 9.98. The zero-order chi connectivity index (χ0) is 21.9. The van der Waals surface area contributed by atoms with Crippen LogP contribution in [0.2, 0.25) is 0 Å². The lowest BCUT2D eigenvalue weighted by Gasteiger charge is -2.26. The highest BCUT2D eigenvalue weighted by atomic mass is 35.5. The molecule has 0 atom stereocenters. The molecule has 0 unspecified atom stereocenters. The lowest BCUT2D eigenvalue weighted by atomic mass is 9.98. The summed E-state index contributed by atoms with van der Waals surface area (Å²) in [7, 11) is 0. The van der Waals surface area contributed by atoms with Gasteiger partial charge in [0, 0.05) is 24.9 Å². The van der Waals surface area contributed by atoms with Crippen molar-refractivity contribution in [2.24, 2.45) is 9.98 Å². The van der Waals surface area contributed by atoms with E-state index < -0.39 is 0 Å². The third-order valence-corrected chi connectivity index (χ3v) is 3.78. The van der Waals surface area contributed by atoms with Crippen LogP contribution in [0.15, 0.2) is 53.1 Å². The van der Waals surface area contributed by atoms with Crippen LogP contribution in [0, 0.1) is 0 Å². The summed E-state index contributed by atoms with van der Waals surface area (Å²) in [5, 5.41) is 0. The van der Waals surface area contributed by atoms with Crippen molar-refractivity contribution < 1.29 is 4.79 Å². The van der Waals surface area contributed by atoms with Gasteiger partial charge in [-0.1, -0.05) is 78.5 Å². The number of alkyl halides is 1. The molecule has 1 aromatic rings. The van der Waals surface area contributed by atoms with Crippen LogP contribution in [0.3, 0.4) is 0 Å². The lowest BCUT2D eigenvalue weighted by molar-refractivity contribution is -0.128. The van der Waals surface area contributed by atoms with Crippen LogP contribution >= 0.6 is 11.6 Å². The number of amidine groups is 1. The minimum atomic E-state index is -0.0188. The van der Waals surface area contributed by atoms with Crippen molar-refractivity contribution in [1.82, 2.24) is 4.90 Å². The van der Waals surface area contributed by atoms with E-state index in [0.29, 0.717) is 18.9 Å². The highest BCUT2D eigenvalue weighted by Crippen LogP contribution is 2.23. The molecular formula is C23H36ClN3O. The van der Waals surface area contributed by atoms with E-state index in [1.165, 1.54) is 11.8 Å². The Morgan fingerprint density at radius 1 is 1.14 bits per heavy atom. The summed E-state index contributed by atoms with van der Waals surface area (Å²) in [5.41, 5.74) is 3.27. The second kappa shape index (κ2) is 18.2. The Bertz CT molecular complexity index is 634. The summed E-state index contributed by atoms with van der Waals surface area (Å²) in [6.07, 6.45) is 4.35. The van der Waals surface area contributed by atoms with E-state index in [9.17, 15) is 4.79 Å². The number of nitrogens with zero attached hydrogens (tertiary/aromatic N) is 3. The third kappa shape index (κ3) is 9.14. The predicted molar refractivity (Wildman–Crippen MR) is 127 cm³/mol. The van der Waals surface area contributed by atoms with E-state index in [-0.39, 0.29) is 11.8 Å². The van der Waals surface area contributed by atoms with Gasteiger partial charge in [-0.05, 0) is 24.3 Å². The van der Waals surface area contributed by atoms with Crippen LogP contribution in [-0.2, 0) is 4.79 Å². The van der Waals surface area contributed by atoms with Crippen molar-refractivity contribution in [1.29, 1.82) is 0 Å². The van der Waals surface area contributed by atoms with Gasteiger partial charge in [-0.25, -0.2) is 9.98 Å². The molecule has 2 rings (SSSR count). The maximum atomic E-state index is 11.6. The monoisotopic (exact) mass is 405 g/mol. The minimum Gasteiger partial charge on any atom is -0.338 e. The van der Waals surface area contributed by atoms with E-state index in [4.69, 9.17) is 11.6 Å². The zero-order valence-corrected chi connectivity index (χ0v) is 19.1. The molecule has 1 aliphatic heterocycles. The molecule has 1 aliphatic rings. The number of amides is 1. The number of hydrogen-bond donors (Lipinski definition) is 0. The number of rotatable bonds is 4. The van der Waals surface area contributed by atoms with Gasteiger partial charge in [0.15, 0.2) is 5.84 Å². The number of benzene rings is 1. The Balaban J connectivity index is 0. The van der Waals surface area contributed by atoms with Gasteiger partial charge in [-0.3, -0.25) is 4.79 Å². The van der Waals surface area contributed by atoms with Crippen molar-refractivity contribution in [3.05, 3.63) is 54.2 Å². The SMILES string of the molecule is C=CN=C(N=C)c1ccc(C2=CCN(C(=O)CCl)CC2)cc1.CC.CC.CC. The van der Waals surface area contributed by atoms with E-state index >= 15 is 0 Å². The summed E-state index contributed by atoms with van der Waals surface area (Å²) in [4.78, 5) is 21.3. The third-order valence-electron chi connectivity index (χ3n) is 3.55. The summed E-state index contributed by atoms with van der Waals surface area (Å²) in [6.45, 7) is 20.4. The van der Waals surface area contributed by atoms with Gasteiger partial charge >= 0.3 is 0 Å². The molecule has 0 saturated carbocycles. The van der Waals surface area contributed by atoms with E-state index in [0.717, 1.165) is 17.5 Å². The molecule has 156 valence electrons. The second-order valence-electron chi connectivity index (χ2n) is 4.82. The van der Waals surface area contributed by atoms with Gasteiger partial charge in [0.2, 0.25) is 5.91 Å². The molecule has 0 spiro atoms. The first-order valence-corrected chi connectivity index (χ1v) is 10.5. The topological polar surface area (TPSA) is 45.0 Å². The highest BCUT2D eigenvalue weighted by Gasteiger charge is 2.16. The van der Waals surface area contributed by atoms with Crippen LogP contribution < -0.4 is 0 Å². The Morgan fingerprint density at radius 2 is 1.71 bits per heavy atom. The van der Waals surface area contributed by atoms with E-state index in [1.807, 2.05) is 65.8 Å². The molecule has 0 bridgehead atoms. The fourth-order valence-electron chi connectivity index (χ4n) is 2.37. The molecule has 0 radical (unpaired) electrons. The summed E-state index contributed by atoms with van der Waals surface area (Å²) < 4.78 is 0. The van der Waals surface area contributed by atoms with Gasteiger partial charge in [0.25, 0.3) is 0 Å². The molecule has 0 saturated heterocycles. The van der Waals surface area contributed by atoms with Crippen molar-refractivity contribution >= 4 is 35.6 Å². The van der Waals surface area contributed by atoms with Crippen LogP contribution in [0.25, 0.3) is 5.57 Å². The fourth-order valence-corrected chi connectivity index (χ4v) is 2.54. The molecule has 4 nitrogen and oxygen atoms in total. The van der Waals surface area contributed by atoms with Gasteiger partial charge in [0.05, 0.1) is 0 Å². The molecule has 1 aromatic carbocycles. The minimum absolute atomic E-state index is 0.0188. The maximum Gasteiger partial charge on any atom is 0.237 e. The maximum absolute atomic E-state index is 11.6.